The highest BCUT2D eigenvalue weighted by Crippen LogP contribution is 2.28. The van der Waals surface area contributed by atoms with E-state index in [-0.39, 0.29) is 22.0 Å². The molecular weight excluding hydrogens is 469 g/mol. The van der Waals surface area contributed by atoms with E-state index in [1.807, 2.05) is 17.9 Å². The third-order valence-corrected chi connectivity index (χ3v) is 7.65. The number of aromatic carboxylic acids is 1. The lowest BCUT2D eigenvalue weighted by Crippen LogP contribution is -2.46. The Labute approximate surface area is 204 Å². The number of carbonyl (C=O) groups is 1. The summed E-state index contributed by atoms with van der Waals surface area (Å²) in [7, 11) is -3.87. The van der Waals surface area contributed by atoms with Crippen LogP contribution in [-0.4, -0.2) is 50.6 Å². The van der Waals surface area contributed by atoms with Crippen LogP contribution in [0, 0.1) is 19.7 Å². The molecule has 0 spiro atoms. The number of carboxylic acids is 1. The molecule has 0 saturated carbocycles. The van der Waals surface area contributed by atoms with Gasteiger partial charge in [0.05, 0.1) is 16.1 Å². The molecule has 0 amide bonds. The highest BCUT2D eigenvalue weighted by atomic mass is 32.2. The first-order valence-corrected chi connectivity index (χ1v) is 12.8. The smallest absolute Gasteiger partial charge is 0.337 e. The van der Waals surface area contributed by atoms with Gasteiger partial charge >= 0.3 is 5.97 Å². The summed E-state index contributed by atoms with van der Waals surface area (Å²) in [5, 5.41) is 9.83. The van der Waals surface area contributed by atoms with E-state index in [0.717, 1.165) is 11.1 Å². The minimum Gasteiger partial charge on any atom is -0.478 e. The minimum absolute atomic E-state index is 0.0319. The Morgan fingerprint density at radius 1 is 1.00 bits per heavy atom. The van der Waals surface area contributed by atoms with Gasteiger partial charge in [-0.05, 0) is 61.4 Å². The van der Waals surface area contributed by atoms with Crippen LogP contribution in [-0.2, 0) is 16.6 Å². The van der Waals surface area contributed by atoms with Crippen molar-refractivity contribution in [3.8, 4) is 0 Å². The van der Waals surface area contributed by atoms with Gasteiger partial charge in [-0.1, -0.05) is 29.8 Å². The molecule has 2 N–H and O–H groups in total. The van der Waals surface area contributed by atoms with Crippen molar-refractivity contribution in [2.24, 2.45) is 0 Å². The lowest BCUT2D eigenvalue weighted by Gasteiger charge is -2.36. The standard InChI is InChI=1S/C26H28FN3O4S/c1-18-6-9-25(19(2)14-18)35(33,34)28-22-7-8-24(23(16-22)26(31)32)30-12-10-29(11-13-30)17-20-4-3-5-21(27)15-20/h3-9,14-16,28H,10-13,17H2,1-2H3,(H,31,32). The maximum absolute atomic E-state index is 13.5. The molecule has 9 heteroatoms. The Bertz CT molecular complexity index is 1350. The second-order valence-corrected chi connectivity index (χ2v) is 10.5. The molecule has 35 heavy (non-hydrogen) atoms. The van der Waals surface area contributed by atoms with Crippen molar-refractivity contribution in [1.82, 2.24) is 4.90 Å². The SMILES string of the molecule is Cc1ccc(S(=O)(=O)Nc2ccc(N3CCN(Cc4cccc(F)c4)CC3)c(C(=O)O)c2)c(C)c1. The summed E-state index contributed by atoms with van der Waals surface area (Å²) in [6.45, 7) is 6.81. The molecule has 0 atom stereocenters. The van der Waals surface area contributed by atoms with Gasteiger partial charge in [0.15, 0.2) is 0 Å². The summed E-state index contributed by atoms with van der Waals surface area (Å²) in [6.07, 6.45) is 0. The van der Waals surface area contributed by atoms with E-state index in [4.69, 9.17) is 0 Å². The number of nitrogens with zero attached hydrogens (tertiary/aromatic N) is 2. The van der Waals surface area contributed by atoms with Gasteiger partial charge in [-0.3, -0.25) is 9.62 Å². The maximum Gasteiger partial charge on any atom is 0.337 e. The number of nitrogens with one attached hydrogen (secondary N) is 1. The van der Waals surface area contributed by atoms with E-state index in [1.54, 1.807) is 43.3 Å². The summed E-state index contributed by atoms with van der Waals surface area (Å²) in [4.78, 5) is 16.4. The van der Waals surface area contributed by atoms with Crippen molar-refractivity contribution in [2.75, 3.05) is 35.8 Å². The topological polar surface area (TPSA) is 90.0 Å². The van der Waals surface area contributed by atoms with Crippen LogP contribution in [0.15, 0.2) is 65.6 Å². The van der Waals surface area contributed by atoms with Crippen LogP contribution < -0.4 is 9.62 Å². The first kappa shape index (κ1) is 24.7. The Morgan fingerprint density at radius 2 is 1.74 bits per heavy atom. The van der Waals surface area contributed by atoms with E-state index in [2.05, 4.69) is 9.62 Å². The van der Waals surface area contributed by atoms with Crippen LogP contribution in [0.1, 0.15) is 27.0 Å². The van der Waals surface area contributed by atoms with Crippen molar-refractivity contribution in [3.63, 3.8) is 0 Å². The molecule has 1 fully saturated rings. The monoisotopic (exact) mass is 497 g/mol. The minimum atomic E-state index is -3.87. The third kappa shape index (κ3) is 5.80. The highest BCUT2D eigenvalue weighted by molar-refractivity contribution is 7.92. The second kappa shape index (κ2) is 10.1. The fourth-order valence-corrected chi connectivity index (χ4v) is 5.68. The van der Waals surface area contributed by atoms with Crippen molar-refractivity contribution in [3.05, 3.63) is 88.7 Å². The number of anilines is 2. The van der Waals surface area contributed by atoms with Gasteiger partial charge in [0.1, 0.15) is 5.82 Å². The Morgan fingerprint density at radius 3 is 2.40 bits per heavy atom. The summed E-state index contributed by atoms with van der Waals surface area (Å²) < 4.78 is 41.8. The molecule has 4 rings (SSSR count). The number of hydrogen-bond donors (Lipinski definition) is 2. The molecule has 7 nitrogen and oxygen atoms in total. The van der Waals surface area contributed by atoms with Gasteiger partial charge in [0.25, 0.3) is 10.0 Å². The Balaban J connectivity index is 1.48. The van der Waals surface area contributed by atoms with Crippen LogP contribution in [0.4, 0.5) is 15.8 Å². The summed E-state index contributed by atoms with van der Waals surface area (Å²) in [6, 6.07) is 16.2. The van der Waals surface area contributed by atoms with Gasteiger partial charge in [0, 0.05) is 38.4 Å². The molecule has 1 aliphatic heterocycles. The van der Waals surface area contributed by atoms with Gasteiger partial charge < -0.3 is 10.0 Å². The molecule has 3 aromatic carbocycles. The first-order chi connectivity index (χ1) is 16.6. The number of benzene rings is 3. The molecule has 0 aliphatic carbocycles. The largest absolute Gasteiger partial charge is 0.478 e. The van der Waals surface area contributed by atoms with Gasteiger partial charge in [0.2, 0.25) is 0 Å². The predicted octanol–water partition coefficient (Wildman–Crippen LogP) is 4.26. The average Bonchev–Trinajstić information content (AvgIpc) is 2.79. The Hall–Kier alpha value is -3.43. The number of hydrogen-bond acceptors (Lipinski definition) is 5. The van der Waals surface area contributed by atoms with Crippen LogP contribution in [0.25, 0.3) is 0 Å². The molecule has 0 unspecified atom stereocenters. The maximum atomic E-state index is 13.5. The van der Waals surface area contributed by atoms with E-state index >= 15 is 0 Å². The second-order valence-electron chi connectivity index (χ2n) is 8.80. The molecule has 1 aliphatic rings. The molecule has 0 aromatic heterocycles. The first-order valence-electron chi connectivity index (χ1n) is 11.3. The zero-order chi connectivity index (χ0) is 25.2. The van der Waals surface area contributed by atoms with Crippen molar-refractivity contribution in [1.29, 1.82) is 0 Å². The number of carboxylic acid groups (broad SMARTS) is 1. The van der Waals surface area contributed by atoms with Crippen LogP contribution in [0.3, 0.4) is 0 Å². The van der Waals surface area contributed by atoms with E-state index in [9.17, 15) is 22.7 Å². The fourth-order valence-electron chi connectivity index (χ4n) is 4.40. The molecule has 184 valence electrons. The zero-order valence-corrected chi connectivity index (χ0v) is 20.5. The van der Waals surface area contributed by atoms with E-state index in [0.29, 0.717) is 44.0 Å². The van der Waals surface area contributed by atoms with Gasteiger partial charge in [-0.15, -0.1) is 0 Å². The van der Waals surface area contributed by atoms with Crippen LogP contribution in [0.5, 0.6) is 0 Å². The van der Waals surface area contributed by atoms with Crippen molar-refractivity contribution >= 4 is 27.4 Å². The normalized spacial score (nSPS) is 14.7. The molecular formula is C26H28FN3O4S. The summed E-state index contributed by atoms with van der Waals surface area (Å²) >= 11 is 0. The fraction of sp³-hybridized carbons (Fsp3) is 0.269. The van der Waals surface area contributed by atoms with Gasteiger partial charge in [-0.25, -0.2) is 17.6 Å². The molecule has 1 saturated heterocycles. The number of piperazine rings is 1. The van der Waals surface area contributed by atoms with E-state index in [1.165, 1.54) is 18.2 Å². The quantitative estimate of drug-likeness (QED) is 0.507. The molecule has 0 radical (unpaired) electrons. The Kier molecular flexibility index (Phi) is 7.09. The number of halogens is 1. The number of rotatable bonds is 7. The van der Waals surface area contributed by atoms with Crippen LogP contribution >= 0.6 is 0 Å². The van der Waals surface area contributed by atoms with Crippen LogP contribution in [0.2, 0.25) is 0 Å². The lowest BCUT2D eigenvalue weighted by molar-refractivity contribution is 0.0697. The molecule has 1 heterocycles. The highest BCUT2D eigenvalue weighted by Gasteiger charge is 2.23. The average molecular weight is 498 g/mol. The zero-order valence-electron chi connectivity index (χ0n) is 19.7. The lowest BCUT2D eigenvalue weighted by atomic mass is 10.1. The molecule has 0 bridgehead atoms. The summed E-state index contributed by atoms with van der Waals surface area (Å²) in [5.41, 5.74) is 3.22. The van der Waals surface area contributed by atoms with Crippen molar-refractivity contribution < 1.29 is 22.7 Å². The number of aryl methyl sites for hydroxylation is 2. The van der Waals surface area contributed by atoms with Gasteiger partial charge in [-0.2, -0.15) is 0 Å². The van der Waals surface area contributed by atoms with E-state index < -0.39 is 16.0 Å². The predicted molar refractivity (Wildman–Crippen MR) is 134 cm³/mol. The van der Waals surface area contributed by atoms with Crippen molar-refractivity contribution in [2.45, 2.75) is 25.3 Å². The summed E-state index contributed by atoms with van der Waals surface area (Å²) in [5.74, 6) is -1.39. The molecule has 3 aromatic rings. The number of sulfonamides is 1. The third-order valence-electron chi connectivity index (χ3n) is 6.11.